The van der Waals surface area contributed by atoms with E-state index in [1.165, 1.54) is 77.0 Å². The fourth-order valence-corrected chi connectivity index (χ4v) is 10.8. The summed E-state index contributed by atoms with van der Waals surface area (Å²) in [5.74, 6) is -2.48. The number of aliphatic hydroxyl groups excluding tert-OH is 1. The fraction of sp³-hybridized carbons (Fsp3) is 0.662. The van der Waals surface area contributed by atoms with Crippen molar-refractivity contribution in [3.05, 3.63) is 134 Å². The largest absolute Gasteiger partial charge is 0.472 e. The van der Waals surface area contributed by atoms with Crippen LogP contribution in [0.3, 0.4) is 0 Å². The number of carbonyl (C=O) groups is 4. The van der Waals surface area contributed by atoms with Gasteiger partial charge < -0.3 is 33.8 Å². The maximum Gasteiger partial charge on any atom is 0.472 e. The third-order valence-electron chi connectivity index (χ3n) is 14.7. The Morgan fingerprint density at radius 3 is 0.969 bits per heavy atom. The fourth-order valence-electron chi connectivity index (χ4n) is 9.19. The Kier molecular flexibility index (Phi) is 65.3. The minimum absolute atomic E-state index is 0.0896. The molecule has 0 aromatic heterocycles. The molecular weight excluding hydrogens is 1260 g/mol. The number of ether oxygens (including phenoxy) is 4. The molecule has 5 unspecified atom stereocenters. The number of phosphoric acid groups is 2. The normalized spacial score (nSPS) is 14.8. The summed E-state index contributed by atoms with van der Waals surface area (Å²) in [6.07, 6.45) is 75.2. The molecule has 0 rings (SSSR count). The van der Waals surface area contributed by atoms with Gasteiger partial charge in [0, 0.05) is 12.8 Å². The molecule has 0 heterocycles. The molecule has 548 valence electrons. The molecule has 0 aliphatic heterocycles. The van der Waals surface area contributed by atoms with E-state index in [1.54, 1.807) is 18.2 Å². The summed E-state index contributed by atoms with van der Waals surface area (Å²) in [4.78, 5) is 72.6. The van der Waals surface area contributed by atoms with Gasteiger partial charge in [-0.1, -0.05) is 277 Å². The second kappa shape index (κ2) is 68.7. The van der Waals surface area contributed by atoms with Crippen molar-refractivity contribution in [2.45, 2.75) is 290 Å². The highest BCUT2D eigenvalue weighted by atomic mass is 31.2. The maximum absolute atomic E-state index is 13.0. The molecular formula is C77H128O17P2. The van der Waals surface area contributed by atoms with Gasteiger partial charge in [-0.25, -0.2) is 9.13 Å². The molecule has 96 heavy (non-hydrogen) atoms. The van der Waals surface area contributed by atoms with Crippen LogP contribution in [0.2, 0.25) is 0 Å². The first-order valence-electron chi connectivity index (χ1n) is 36.4. The number of aliphatic hydroxyl groups is 1. The smallest absolute Gasteiger partial charge is 0.462 e. The highest BCUT2D eigenvalue weighted by Crippen LogP contribution is 2.45. The van der Waals surface area contributed by atoms with Crippen LogP contribution in [-0.4, -0.2) is 96.7 Å². The van der Waals surface area contributed by atoms with E-state index in [-0.39, 0.29) is 25.7 Å². The molecule has 17 nitrogen and oxygen atoms in total. The molecule has 0 saturated heterocycles. The number of allylic oxidation sites excluding steroid dienone is 20. The first-order chi connectivity index (χ1) is 46.7. The van der Waals surface area contributed by atoms with Gasteiger partial charge in [-0.3, -0.25) is 37.3 Å². The minimum atomic E-state index is -5.02. The SMILES string of the molecule is CC/C=C\C/C=C\C/C=C\C/C=C\C/C=C\CC(=O)OCC(COP(=O)(O)OCC(O)COP(=O)(O)OCC(COC(=O)CCCCCCC/C=C\CCCCCC)OC(=O)CCCCCCCCCCCCCCC)OC(=O)C/C=C\C/C=C\C/C=C\C/C=C\C/C=C\CC. The van der Waals surface area contributed by atoms with Crippen LogP contribution < -0.4 is 0 Å². The first kappa shape index (κ1) is 91.2. The van der Waals surface area contributed by atoms with Crippen LogP contribution in [0.25, 0.3) is 0 Å². The van der Waals surface area contributed by atoms with Crippen molar-refractivity contribution in [3.8, 4) is 0 Å². The van der Waals surface area contributed by atoms with E-state index in [9.17, 15) is 43.2 Å². The summed E-state index contributed by atoms with van der Waals surface area (Å²) in [6.45, 7) is 4.37. The molecule has 5 atom stereocenters. The zero-order valence-corrected chi connectivity index (χ0v) is 61.3. The Morgan fingerprint density at radius 1 is 0.312 bits per heavy atom. The van der Waals surface area contributed by atoms with Crippen molar-refractivity contribution in [3.63, 3.8) is 0 Å². The number of hydrogen-bond donors (Lipinski definition) is 3. The molecule has 0 saturated carbocycles. The van der Waals surface area contributed by atoms with Gasteiger partial charge in [0.1, 0.15) is 19.3 Å². The van der Waals surface area contributed by atoms with Crippen LogP contribution >= 0.6 is 15.6 Å². The maximum atomic E-state index is 13.0. The van der Waals surface area contributed by atoms with Crippen LogP contribution in [0.4, 0.5) is 0 Å². The topological polar surface area (TPSA) is 237 Å². The van der Waals surface area contributed by atoms with Gasteiger partial charge in [-0.2, -0.15) is 0 Å². The standard InChI is InChI=1S/C77H128O17P2/c1-5-9-13-17-21-25-29-33-35-39-42-46-50-54-58-62-75(80)88-68-73(94-77(82)64-60-56-52-48-44-40-36-34-30-26-22-18-14-10-6-2)70-92-96(85,86)90-66-71(78)65-89-95(83,84)91-69-72(93-76(81)63-59-55-51-47-43-38-32-28-24-20-16-12-8-4)67-87-74(79)61-57-53-49-45-41-37-31-27-23-19-15-11-7-3/h9-10,13-14,21-22,25-27,31,33-36,42,44,46,48,54,56,58,60,71-73,78H,5-8,11-12,15-20,23-24,28-30,32,37-41,43,45,47,49-53,55,57,59,61-70H2,1-4H3,(H,83,84)(H,85,86)/b13-9-,14-10-,25-21-,26-22-,31-27-,35-33-,36-34-,46-42-,48-44-,58-54-,60-56-. The van der Waals surface area contributed by atoms with Gasteiger partial charge in [0.25, 0.3) is 0 Å². The van der Waals surface area contributed by atoms with E-state index in [4.69, 9.17) is 37.0 Å². The molecule has 0 aromatic carbocycles. The predicted octanol–water partition coefficient (Wildman–Crippen LogP) is 20.5. The van der Waals surface area contributed by atoms with Gasteiger partial charge >= 0.3 is 39.5 Å². The molecule has 0 fully saturated rings. The van der Waals surface area contributed by atoms with Crippen LogP contribution in [0.1, 0.15) is 272 Å². The van der Waals surface area contributed by atoms with E-state index in [0.717, 1.165) is 116 Å². The third kappa shape index (κ3) is 67.8. The van der Waals surface area contributed by atoms with Crippen molar-refractivity contribution < 1.29 is 80.2 Å². The number of carbonyl (C=O) groups excluding carboxylic acids is 4. The lowest BCUT2D eigenvalue weighted by Gasteiger charge is -2.21. The average molecular weight is 1390 g/mol. The summed E-state index contributed by atoms with van der Waals surface area (Å²) in [7, 11) is -10.0. The molecule has 0 spiro atoms. The Bertz CT molecular complexity index is 2350. The number of phosphoric ester groups is 2. The van der Waals surface area contributed by atoms with Crippen molar-refractivity contribution in [1.29, 1.82) is 0 Å². The molecule has 0 aromatic rings. The van der Waals surface area contributed by atoms with Crippen molar-refractivity contribution in [1.82, 2.24) is 0 Å². The van der Waals surface area contributed by atoms with Gasteiger partial charge in [-0.05, 0) is 103 Å². The molecule has 19 heteroatoms. The van der Waals surface area contributed by atoms with Crippen LogP contribution in [0.5, 0.6) is 0 Å². The zero-order chi connectivity index (χ0) is 70.4. The second-order valence-electron chi connectivity index (χ2n) is 23.8. The highest BCUT2D eigenvalue weighted by molar-refractivity contribution is 7.47. The molecule has 0 bridgehead atoms. The van der Waals surface area contributed by atoms with E-state index in [2.05, 4.69) is 113 Å². The quantitative estimate of drug-likeness (QED) is 0.0169. The molecule has 0 aliphatic rings. The zero-order valence-electron chi connectivity index (χ0n) is 59.5. The predicted molar refractivity (Wildman–Crippen MR) is 390 cm³/mol. The molecule has 0 amide bonds. The lowest BCUT2D eigenvalue weighted by Crippen LogP contribution is -2.30. The van der Waals surface area contributed by atoms with Crippen LogP contribution in [0, 0.1) is 0 Å². The molecule has 3 N–H and O–H groups in total. The summed E-state index contributed by atoms with van der Waals surface area (Å²) in [5.41, 5.74) is 0. The molecule has 0 radical (unpaired) electrons. The average Bonchev–Trinajstić information content (AvgIpc) is 1.36. The van der Waals surface area contributed by atoms with Gasteiger partial charge in [0.15, 0.2) is 12.2 Å². The number of esters is 4. The van der Waals surface area contributed by atoms with Crippen molar-refractivity contribution in [2.75, 3.05) is 39.6 Å². The van der Waals surface area contributed by atoms with E-state index >= 15 is 0 Å². The van der Waals surface area contributed by atoms with Crippen molar-refractivity contribution in [2.24, 2.45) is 0 Å². The highest BCUT2D eigenvalue weighted by Gasteiger charge is 2.30. The van der Waals surface area contributed by atoms with Gasteiger partial charge in [-0.15, -0.1) is 0 Å². The van der Waals surface area contributed by atoms with Crippen LogP contribution in [-0.2, 0) is 65.4 Å². The van der Waals surface area contributed by atoms with Gasteiger partial charge in [0.2, 0.25) is 0 Å². The minimum Gasteiger partial charge on any atom is -0.462 e. The second-order valence-corrected chi connectivity index (χ2v) is 26.7. The monoisotopic (exact) mass is 1390 g/mol. The van der Waals surface area contributed by atoms with Crippen molar-refractivity contribution >= 4 is 39.5 Å². The Balaban J connectivity index is 5.49. The first-order valence-corrected chi connectivity index (χ1v) is 39.4. The Morgan fingerprint density at radius 2 is 0.594 bits per heavy atom. The summed E-state index contributed by atoms with van der Waals surface area (Å²) < 4.78 is 68.0. The summed E-state index contributed by atoms with van der Waals surface area (Å²) in [5, 5.41) is 10.6. The third-order valence-corrected chi connectivity index (χ3v) is 16.6. The molecule has 0 aliphatic carbocycles. The Hall–Kier alpha value is -4.80. The van der Waals surface area contributed by atoms with E-state index in [1.807, 2.05) is 30.4 Å². The Labute approximate surface area is 580 Å². The summed E-state index contributed by atoms with van der Waals surface area (Å²) in [6, 6.07) is 0. The lowest BCUT2D eigenvalue weighted by atomic mass is 10.0. The van der Waals surface area contributed by atoms with E-state index in [0.29, 0.717) is 25.7 Å². The van der Waals surface area contributed by atoms with E-state index < -0.39 is 97.5 Å². The lowest BCUT2D eigenvalue weighted by molar-refractivity contribution is -0.161. The number of rotatable bonds is 67. The number of unbranched alkanes of at least 4 members (excludes halogenated alkanes) is 21. The van der Waals surface area contributed by atoms with Gasteiger partial charge in [0.05, 0.1) is 39.3 Å². The summed E-state index contributed by atoms with van der Waals surface area (Å²) >= 11 is 0. The van der Waals surface area contributed by atoms with Crippen LogP contribution in [0.15, 0.2) is 134 Å². The number of hydrogen-bond acceptors (Lipinski definition) is 15.